The highest BCUT2D eigenvalue weighted by Crippen LogP contribution is 2.11. The number of carbonyl (C=O) groups is 1. The van der Waals surface area contributed by atoms with E-state index in [-0.39, 0.29) is 12.3 Å². The van der Waals surface area contributed by atoms with Gasteiger partial charge in [-0.1, -0.05) is 42.5 Å². The highest BCUT2D eigenvalue weighted by molar-refractivity contribution is 7.80. The maximum absolute atomic E-state index is 12.0. The Hall–Kier alpha value is -2.27. The van der Waals surface area contributed by atoms with Crippen molar-refractivity contribution in [1.82, 2.24) is 4.98 Å². The third kappa shape index (κ3) is 3.61. The van der Waals surface area contributed by atoms with E-state index in [1.165, 1.54) is 0 Å². The molecule has 0 unspecified atom stereocenters. The number of pyridine rings is 1. The van der Waals surface area contributed by atoms with Crippen LogP contribution in [0.4, 0.5) is 5.82 Å². The third-order valence-electron chi connectivity index (χ3n) is 2.87. The van der Waals surface area contributed by atoms with Crippen molar-refractivity contribution in [3.8, 4) is 0 Å². The normalized spacial score (nSPS) is 10.1. The van der Waals surface area contributed by atoms with E-state index in [2.05, 4.69) is 10.3 Å². The topological polar surface area (TPSA) is 68.0 Å². The Morgan fingerprint density at radius 1 is 1.30 bits per heavy atom. The molecule has 2 rings (SSSR count). The zero-order valence-corrected chi connectivity index (χ0v) is 11.9. The van der Waals surface area contributed by atoms with Gasteiger partial charge in [-0.15, -0.1) is 0 Å². The summed E-state index contributed by atoms with van der Waals surface area (Å²) in [5.74, 6) is 0.493. The van der Waals surface area contributed by atoms with Crippen molar-refractivity contribution >= 4 is 28.9 Å². The zero-order valence-electron chi connectivity index (χ0n) is 11.1. The van der Waals surface area contributed by atoms with E-state index in [9.17, 15) is 4.79 Å². The molecule has 0 aliphatic heterocycles. The van der Waals surface area contributed by atoms with E-state index in [4.69, 9.17) is 18.0 Å². The number of hydrogen-bond acceptors (Lipinski definition) is 3. The number of carbonyl (C=O) groups excluding carboxylic acids is 1. The van der Waals surface area contributed by atoms with Gasteiger partial charge in [0.1, 0.15) is 10.8 Å². The maximum atomic E-state index is 12.0. The molecule has 1 aromatic carbocycles. The van der Waals surface area contributed by atoms with Gasteiger partial charge in [-0.3, -0.25) is 4.79 Å². The summed E-state index contributed by atoms with van der Waals surface area (Å²) >= 11 is 4.88. The molecule has 1 heterocycles. The van der Waals surface area contributed by atoms with E-state index in [1.54, 1.807) is 6.20 Å². The molecule has 0 aliphatic rings. The molecule has 0 fully saturated rings. The zero-order chi connectivity index (χ0) is 14.5. The van der Waals surface area contributed by atoms with Gasteiger partial charge in [0.05, 0.1) is 6.42 Å². The van der Waals surface area contributed by atoms with E-state index in [1.807, 2.05) is 43.3 Å². The van der Waals surface area contributed by atoms with Crippen LogP contribution in [0, 0.1) is 6.92 Å². The van der Waals surface area contributed by atoms with Gasteiger partial charge < -0.3 is 11.1 Å². The minimum absolute atomic E-state index is 0.102. The summed E-state index contributed by atoms with van der Waals surface area (Å²) in [6.07, 6.45) is 1.94. The molecule has 0 aliphatic carbocycles. The minimum atomic E-state index is -0.102. The van der Waals surface area contributed by atoms with Crippen LogP contribution < -0.4 is 11.1 Å². The average Bonchev–Trinajstić information content (AvgIpc) is 2.42. The fourth-order valence-electron chi connectivity index (χ4n) is 1.77. The molecule has 0 spiro atoms. The lowest BCUT2D eigenvalue weighted by atomic mass is 10.1. The molecule has 0 bridgehead atoms. The highest BCUT2D eigenvalue weighted by atomic mass is 32.1. The van der Waals surface area contributed by atoms with Crippen molar-refractivity contribution in [2.75, 3.05) is 5.32 Å². The molecule has 0 saturated heterocycles. The van der Waals surface area contributed by atoms with Gasteiger partial charge in [-0.05, 0) is 24.1 Å². The van der Waals surface area contributed by atoms with E-state index < -0.39 is 0 Å². The number of thiocarbonyl (C=S) groups is 1. The Bertz CT molecular complexity index is 638. The Morgan fingerprint density at radius 2 is 2.00 bits per heavy atom. The molecule has 0 radical (unpaired) electrons. The standard InChI is InChI=1S/C15H15N3OS/c1-10-3-2-8-17-15(10)18-13(19)9-11-4-6-12(7-5-11)14(16)20/h2-8H,9H2,1H3,(H2,16,20)(H,17,18,19). The summed E-state index contributed by atoms with van der Waals surface area (Å²) < 4.78 is 0. The molecule has 5 heteroatoms. The predicted molar refractivity (Wildman–Crippen MR) is 83.6 cm³/mol. The monoisotopic (exact) mass is 285 g/mol. The first kappa shape index (κ1) is 14.1. The molecule has 20 heavy (non-hydrogen) atoms. The van der Waals surface area contributed by atoms with Gasteiger partial charge in [0.25, 0.3) is 0 Å². The molecule has 1 amide bonds. The number of aromatic nitrogens is 1. The van der Waals surface area contributed by atoms with E-state index >= 15 is 0 Å². The van der Waals surface area contributed by atoms with E-state index in [0.29, 0.717) is 10.8 Å². The molecule has 0 atom stereocenters. The van der Waals surface area contributed by atoms with Crippen molar-refractivity contribution in [2.45, 2.75) is 13.3 Å². The maximum Gasteiger partial charge on any atom is 0.229 e. The van der Waals surface area contributed by atoms with Crippen molar-refractivity contribution in [3.63, 3.8) is 0 Å². The fraction of sp³-hybridized carbons (Fsp3) is 0.133. The van der Waals surface area contributed by atoms with Crippen molar-refractivity contribution in [1.29, 1.82) is 0 Å². The molecular formula is C15H15N3OS. The van der Waals surface area contributed by atoms with Gasteiger partial charge in [-0.2, -0.15) is 0 Å². The van der Waals surface area contributed by atoms with Crippen LogP contribution in [0.5, 0.6) is 0 Å². The molecule has 0 saturated carbocycles. The summed E-state index contributed by atoms with van der Waals surface area (Å²) in [4.78, 5) is 16.4. The summed E-state index contributed by atoms with van der Waals surface area (Å²) in [6, 6.07) is 11.1. The average molecular weight is 285 g/mol. The SMILES string of the molecule is Cc1cccnc1NC(=O)Cc1ccc(C(N)=S)cc1. The number of rotatable bonds is 4. The summed E-state index contributed by atoms with van der Waals surface area (Å²) in [6.45, 7) is 1.90. The van der Waals surface area contributed by atoms with Crippen molar-refractivity contribution in [2.24, 2.45) is 5.73 Å². The summed E-state index contributed by atoms with van der Waals surface area (Å²) in [5, 5.41) is 2.80. The molecule has 2 aromatic rings. The predicted octanol–water partition coefficient (Wildman–Crippen LogP) is 2.21. The molecule has 102 valence electrons. The second-order valence-corrected chi connectivity index (χ2v) is 4.89. The smallest absolute Gasteiger partial charge is 0.229 e. The van der Waals surface area contributed by atoms with Crippen LogP contribution in [0.2, 0.25) is 0 Å². The van der Waals surface area contributed by atoms with Crippen LogP contribution in [0.3, 0.4) is 0 Å². The van der Waals surface area contributed by atoms with Gasteiger partial charge in [0.15, 0.2) is 0 Å². The number of amides is 1. The Kier molecular flexibility index (Phi) is 4.42. The third-order valence-corrected chi connectivity index (χ3v) is 3.11. The summed E-state index contributed by atoms with van der Waals surface area (Å²) in [7, 11) is 0. The first-order valence-electron chi connectivity index (χ1n) is 6.16. The first-order chi connectivity index (χ1) is 9.56. The van der Waals surface area contributed by atoms with Gasteiger partial charge in [0, 0.05) is 11.8 Å². The lowest BCUT2D eigenvalue weighted by Gasteiger charge is -2.07. The number of hydrogen-bond donors (Lipinski definition) is 2. The molecule has 3 N–H and O–H groups in total. The quantitative estimate of drug-likeness (QED) is 0.845. The molecular weight excluding hydrogens is 270 g/mol. The molecule has 4 nitrogen and oxygen atoms in total. The van der Waals surface area contributed by atoms with Crippen LogP contribution in [-0.4, -0.2) is 15.9 Å². The van der Waals surface area contributed by atoms with Crippen LogP contribution in [0.25, 0.3) is 0 Å². The Labute approximate surface area is 123 Å². The van der Waals surface area contributed by atoms with Crippen molar-refractivity contribution < 1.29 is 4.79 Å². The number of nitrogens with one attached hydrogen (secondary N) is 1. The number of benzene rings is 1. The second kappa shape index (κ2) is 6.25. The Morgan fingerprint density at radius 3 is 2.60 bits per heavy atom. The Balaban J connectivity index is 2.01. The second-order valence-electron chi connectivity index (χ2n) is 4.46. The lowest BCUT2D eigenvalue weighted by Crippen LogP contribution is -2.16. The highest BCUT2D eigenvalue weighted by Gasteiger charge is 2.07. The lowest BCUT2D eigenvalue weighted by molar-refractivity contribution is -0.115. The van der Waals surface area contributed by atoms with Crippen LogP contribution in [-0.2, 0) is 11.2 Å². The number of aryl methyl sites for hydroxylation is 1. The van der Waals surface area contributed by atoms with Gasteiger partial charge in [0.2, 0.25) is 5.91 Å². The summed E-state index contributed by atoms with van der Waals surface area (Å²) in [5.41, 5.74) is 8.16. The number of anilines is 1. The van der Waals surface area contributed by atoms with Gasteiger partial charge in [-0.25, -0.2) is 4.98 Å². The van der Waals surface area contributed by atoms with Crippen molar-refractivity contribution in [3.05, 3.63) is 59.3 Å². The molecule has 1 aromatic heterocycles. The van der Waals surface area contributed by atoms with Crippen LogP contribution in [0.15, 0.2) is 42.6 Å². The first-order valence-corrected chi connectivity index (χ1v) is 6.57. The fourth-order valence-corrected chi connectivity index (χ4v) is 1.90. The van der Waals surface area contributed by atoms with Crippen LogP contribution in [0.1, 0.15) is 16.7 Å². The van der Waals surface area contributed by atoms with Gasteiger partial charge >= 0.3 is 0 Å². The van der Waals surface area contributed by atoms with E-state index in [0.717, 1.165) is 16.7 Å². The number of nitrogens with zero attached hydrogens (tertiary/aromatic N) is 1. The van der Waals surface area contributed by atoms with Crippen LogP contribution >= 0.6 is 12.2 Å². The largest absolute Gasteiger partial charge is 0.389 e. The number of nitrogens with two attached hydrogens (primary N) is 1. The minimum Gasteiger partial charge on any atom is -0.389 e.